The van der Waals surface area contributed by atoms with Crippen molar-refractivity contribution < 1.29 is 14.6 Å². The highest BCUT2D eigenvalue weighted by Crippen LogP contribution is 2.24. The molecule has 0 saturated heterocycles. The lowest BCUT2D eigenvalue weighted by Gasteiger charge is -2.26. The Bertz CT molecular complexity index is 1080. The van der Waals surface area contributed by atoms with E-state index in [2.05, 4.69) is 66.4 Å². The second-order valence-corrected chi connectivity index (χ2v) is 8.72. The maximum absolute atomic E-state index is 10.7. The van der Waals surface area contributed by atoms with Crippen LogP contribution < -0.4 is 4.74 Å². The predicted molar refractivity (Wildman–Crippen MR) is 132 cm³/mol. The van der Waals surface area contributed by atoms with E-state index < -0.39 is 5.97 Å². The van der Waals surface area contributed by atoms with E-state index in [1.54, 1.807) is 0 Å². The molecule has 0 aliphatic carbocycles. The second kappa shape index (κ2) is 11.0. The van der Waals surface area contributed by atoms with Gasteiger partial charge in [-0.1, -0.05) is 72.3 Å². The highest BCUT2D eigenvalue weighted by atomic mass is 16.5. The van der Waals surface area contributed by atoms with Gasteiger partial charge < -0.3 is 9.84 Å². The van der Waals surface area contributed by atoms with E-state index in [9.17, 15) is 4.79 Å². The molecule has 170 valence electrons. The molecule has 4 nitrogen and oxygen atoms in total. The Balaban J connectivity index is 1.24. The molecule has 1 aliphatic heterocycles. The van der Waals surface area contributed by atoms with Crippen molar-refractivity contribution in [1.29, 1.82) is 0 Å². The molecule has 0 amide bonds. The van der Waals surface area contributed by atoms with Gasteiger partial charge in [-0.3, -0.25) is 9.69 Å². The molecule has 0 aromatic heterocycles. The Morgan fingerprint density at radius 1 is 0.909 bits per heavy atom. The summed E-state index contributed by atoms with van der Waals surface area (Å²) in [6, 6.07) is 25.1. The van der Waals surface area contributed by atoms with E-state index in [1.165, 1.54) is 22.3 Å². The third kappa shape index (κ3) is 6.80. The Kier molecular flexibility index (Phi) is 7.59. The average molecular weight is 442 g/mol. The van der Waals surface area contributed by atoms with E-state index in [-0.39, 0.29) is 6.42 Å². The van der Waals surface area contributed by atoms with Gasteiger partial charge in [0.25, 0.3) is 0 Å². The first-order chi connectivity index (χ1) is 16.0. The zero-order chi connectivity index (χ0) is 23.0. The number of carbonyl (C=O) groups is 1. The molecule has 0 spiro atoms. The van der Waals surface area contributed by atoms with Crippen LogP contribution in [0.25, 0.3) is 5.57 Å². The van der Waals surface area contributed by atoms with Crippen molar-refractivity contribution in [1.82, 2.24) is 4.90 Å². The number of nitrogens with zero attached hydrogens (tertiary/aromatic N) is 1. The minimum atomic E-state index is -0.775. The van der Waals surface area contributed by atoms with Gasteiger partial charge in [0.2, 0.25) is 0 Å². The fourth-order valence-electron chi connectivity index (χ4n) is 4.05. The van der Waals surface area contributed by atoms with Gasteiger partial charge in [0.1, 0.15) is 12.4 Å². The van der Waals surface area contributed by atoms with Crippen molar-refractivity contribution in [3.63, 3.8) is 0 Å². The quantitative estimate of drug-likeness (QED) is 0.450. The number of carboxylic acid groups (broad SMARTS) is 1. The van der Waals surface area contributed by atoms with Crippen LogP contribution >= 0.6 is 0 Å². The van der Waals surface area contributed by atoms with Crippen molar-refractivity contribution in [3.8, 4) is 5.75 Å². The lowest BCUT2D eigenvalue weighted by molar-refractivity contribution is -0.136. The molecular weight excluding hydrogens is 410 g/mol. The molecule has 0 bridgehead atoms. The van der Waals surface area contributed by atoms with Crippen LogP contribution in [0.5, 0.6) is 5.75 Å². The van der Waals surface area contributed by atoms with Crippen LogP contribution in [0.4, 0.5) is 0 Å². The molecule has 33 heavy (non-hydrogen) atoms. The summed E-state index contributed by atoms with van der Waals surface area (Å²) in [5, 5.41) is 8.78. The van der Waals surface area contributed by atoms with Gasteiger partial charge in [-0.2, -0.15) is 0 Å². The van der Waals surface area contributed by atoms with E-state index in [0.717, 1.165) is 42.9 Å². The molecule has 1 heterocycles. The highest BCUT2D eigenvalue weighted by molar-refractivity contribution is 5.67. The number of benzene rings is 3. The summed E-state index contributed by atoms with van der Waals surface area (Å²) in [6.45, 7) is 5.66. The molecule has 4 rings (SSSR count). The smallest absolute Gasteiger partial charge is 0.303 e. The number of rotatable bonds is 9. The largest absolute Gasteiger partial charge is 0.489 e. The number of hydrogen-bond acceptors (Lipinski definition) is 3. The Hall–Kier alpha value is -3.37. The first-order valence-corrected chi connectivity index (χ1v) is 11.5. The molecule has 0 atom stereocenters. The van der Waals surface area contributed by atoms with Gasteiger partial charge >= 0.3 is 5.97 Å². The summed E-state index contributed by atoms with van der Waals surface area (Å²) >= 11 is 0. The van der Waals surface area contributed by atoms with Crippen LogP contribution in [0.15, 0.2) is 78.9 Å². The van der Waals surface area contributed by atoms with Crippen molar-refractivity contribution >= 4 is 11.5 Å². The summed E-state index contributed by atoms with van der Waals surface area (Å²) in [6.07, 6.45) is 4.14. The fourth-order valence-corrected chi connectivity index (χ4v) is 4.05. The van der Waals surface area contributed by atoms with Crippen molar-refractivity contribution in [2.75, 3.05) is 13.1 Å². The van der Waals surface area contributed by atoms with E-state index in [4.69, 9.17) is 9.84 Å². The molecular formula is C29H31NO3. The maximum atomic E-state index is 10.7. The Labute approximate surface area is 196 Å². The molecule has 0 unspecified atom stereocenters. The normalized spacial score (nSPS) is 14.0. The lowest BCUT2D eigenvalue weighted by Crippen LogP contribution is -2.28. The monoisotopic (exact) mass is 441 g/mol. The lowest BCUT2D eigenvalue weighted by atomic mass is 9.98. The molecule has 3 aromatic rings. The van der Waals surface area contributed by atoms with Crippen LogP contribution in [0, 0.1) is 6.92 Å². The average Bonchev–Trinajstić information content (AvgIpc) is 2.84. The molecule has 1 aliphatic rings. The summed E-state index contributed by atoms with van der Waals surface area (Å²) in [7, 11) is 0. The number of ether oxygens (including phenoxy) is 1. The first kappa shape index (κ1) is 22.8. The summed E-state index contributed by atoms with van der Waals surface area (Å²) < 4.78 is 5.89. The molecule has 0 fully saturated rings. The van der Waals surface area contributed by atoms with Crippen LogP contribution in [0.3, 0.4) is 0 Å². The SMILES string of the molecule is Cc1ccc(C2=CCN(Cc3ccc(COc4ccc(CCC(=O)O)cc4)cc3)CC2)cc1. The number of hydrogen-bond donors (Lipinski definition) is 1. The number of aliphatic carboxylic acids is 1. The van der Waals surface area contributed by atoms with Crippen LogP contribution in [-0.2, 0) is 24.4 Å². The van der Waals surface area contributed by atoms with Crippen LogP contribution in [0.2, 0.25) is 0 Å². The third-order valence-corrected chi connectivity index (χ3v) is 6.10. The summed E-state index contributed by atoms with van der Waals surface area (Å²) in [5.41, 5.74) is 7.56. The van der Waals surface area contributed by atoms with Gasteiger partial charge in [0.05, 0.1) is 0 Å². The van der Waals surface area contributed by atoms with Crippen molar-refractivity contribution in [2.45, 2.75) is 39.3 Å². The summed E-state index contributed by atoms with van der Waals surface area (Å²) in [5.74, 6) is 0.0187. The van der Waals surface area contributed by atoms with E-state index in [0.29, 0.717) is 13.0 Å². The highest BCUT2D eigenvalue weighted by Gasteiger charge is 2.13. The molecule has 4 heteroatoms. The van der Waals surface area contributed by atoms with Gasteiger partial charge in [-0.25, -0.2) is 0 Å². The van der Waals surface area contributed by atoms with Crippen LogP contribution in [0.1, 0.15) is 40.7 Å². The number of aryl methyl sites for hydroxylation is 2. The summed E-state index contributed by atoms with van der Waals surface area (Å²) in [4.78, 5) is 13.2. The predicted octanol–water partition coefficient (Wildman–Crippen LogP) is 5.88. The first-order valence-electron chi connectivity index (χ1n) is 11.5. The van der Waals surface area contributed by atoms with Crippen LogP contribution in [-0.4, -0.2) is 29.1 Å². The zero-order valence-electron chi connectivity index (χ0n) is 19.2. The topological polar surface area (TPSA) is 49.8 Å². The molecule has 1 N–H and O–H groups in total. The van der Waals surface area contributed by atoms with Gasteiger partial charge in [-0.05, 0) is 59.7 Å². The number of carboxylic acids is 1. The van der Waals surface area contributed by atoms with E-state index >= 15 is 0 Å². The van der Waals surface area contributed by atoms with Gasteiger partial charge in [0.15, 0.2) is 0 Å². The minimum absolute atomic E-state index is 0.147. The fraction of sp³-hybridized carbons (Fsp3) is 0.276. The second-order valence-electron chi connectivity index (χ2n) is 8.72. The van der Waals surface area contributed by atoms with Gasteiger partial charge in [-0.15, -0.1) is 0 Å². The van der Waals surface area contributed by atoms with Crippen molar-refractivity contribution in [3.05, 3.63) is 107 Å². The zero-order valence-corrected chi connectivity index (χ0v) is 19.2. The minimum Gasteiger partial charge on any atom is -0.489 e. The van der Waals surface area contributed by atoms with E-state index in [1.807, 2.05) is 24.3 Å². The molecule has 0 radical (unpaired) electrons. The van der Waals surface area contributed by atoms with Crippen molar-refractivity contribution in [2.24, 2.45) is 0 Å². The third-order valence-electron chi connectivity index (χ3n) is 6.10. The Morgan fingerprint density at radius 2 is 1.58 bits per heavy atom. The molecule has 3 aromatic carbocycles. The Morgan fingerprint density at radius 3 is 2.21 bits per heavy atom. The maximum Gasteiger partial charge on any atom is 0.303 e. The van der Waals surface area contributed by atoms with Gasteiger partial charge in [0, 0.05) is 26.1 Å². The molecule has 0 saturated carbocycles. The standard InChI is InChI=1S/C29H31NO3/c1-22-2-11-26(12-3-22)27-16-18-30(19-17-27)20-24-4-6-25(7-5-24)21-33-28-13-8-23(9-14-28)10-15-29(31)32/h2-9,11-14,16H,10,15,17-21H2,1H3,(H,31,32).